The van der Waals surface area contributed by atoms with Crippen molar-refractivity contribution >= 4 is 12.1 Å². The Kier molecular flexibility index (Phi) is 5.62. The van der Waals surface area contributed by atoms with Gasteiger partial charge in [-0.2, -0.15) is 0 Å². The maximum atomic E-state index is 12.5. The van der Waals surface area contributed by atoms with Crippen molar-refractivity contribution in [2.75, 3.05) is 6.61 Å². The summed E-state index contributed by atoms with van der Waals surface area (Å²) in [7, 11) is 0. The number of carbonyl (C=O) groups is 2. The lowest BCUT2D eigenvalue weighted by Crippen LogP contribution is -2.44. The number of hydrogen-bond acceptors (Lipinski definition) is 4. The molecular formula is C25H23NO5. The molecule has 1 aliphatic carbocycles. The van der Waals surface area contributed by atoms with Gasteiger partial charge in [-0.15, -0.1) is 0 Å². The summed E-state index contributed by atoms with van der Waals surface area (Å²) < 4.78 is 5.47. The first kappa shape index (κ1) is 20.5. The Morgan fingerprint density at radius 1 is 0.935 bits per heavy atom. The van der Waals surface area contributed by atoms with E-state index in [-0.39, 0.29) is 18.3 Å². The Morgan fingerprint density at radius 2 is 1.48 bits per heavy atom. The topological polar surface area (TPSA) is 95.9 Å². The number of rotatable bonds is 6. The Hall–Kier alpha value is -3.80. The zero-order chi connectivity index (χ0) is 22.0. The van der Waals surface area contributed by atoms with E-state index < -0.39 is 24.0 Å². The molecule has 158 valence electrons. The summed E-state index contributed by atoms with van der Waals surface area (Å²) in [6.45, 7) is 1.81. The standard InChI is InChI=1S/C25H23NO5/c1-15(16-10-12-17(27)13-11-16)23(24(28)29)26-25(30)31-14-22-20-8-4-2-6-18(20)19-7-3-5-9-21(19)22/h2-13,15,22-23,27H,14H2,1H3,(H,26,30)(H,28,29)/t15-,23-/m0/s1. The minimum Gasteiger partial charge on any atom is -0.508 e. The second-order valence-corrected chi connectivity index (χ2v) is 7.67. The Morgan fingerprint density at radius 3 is 2.03 bits per heavy atom. The lowest BCUT2D eigenvalue weighted by molar-refractivity contribution is -0.139. The van der Waals surface area contributed by atoms with E-state index in [1.807, 2.05) is 48.5 Å². The lowest BCUT2D eigenvalue weighted by atomic mass is 9.93. The lowest BCUT2D eigenvalue weighted by Gasteiger charge is -2.22. The number of carboxylic acids is 1. The van der Waals surface area contributed by atoms with E-state index in [2.05, 4.69) is 5.32 Å². The highest BCUT2D eigenvalue weighted by atomic mass is 16.5. The number of fused-ring (bicyclic) bond motifs is 3. The first-order valence-electron chi connectivity index (χ1n) is 10.1. The summed E-state index contributed by atoms with van der Waals surface area (Å²) in [5, 5.41) is 21.5. The highest BCUT2D eigenvalue weighted by Crippen LogP contribution is 2.44. The number of phenolic OH excluding ortho intramolecular Hbond substituents is 1. The van der Waals surface area contributed by atoms with Crippen molar-refractivity contribution < 1.29 is 24.5 Å². The molecule has 4 rings (SSSR count). The van der Waals surface area contributed by atoms with E-state index >= 15 is 0 Å². The molecule has 0 aromatic heterocycles. The number of aromatic hydroxyl groups is 1. The molecule has 0 radical (unpaired) electrons. The minimum atomic E-state index is -1.17. The molecule has 1 amide bonds. The first-order chi connectivity index (χ1) is 15.0. The van der Waals surface area contributed by atoms with Crippen LogP contribution in [0.1, 0.15) is 35.4 Å². The van der Waals surface area contributed by atoms with Gasteiger partial charge in [0.05, 0.1) is 0 Å². The van der Waals surface area contributed by atoms with Crippen LogP contribution in [0.3, 0.4) is 0 Å². The monoisotopic (exact) mass is 417 g/mol. The summed E-state index contributed by atoms with van der Waals surface area (Å²) in [6.07, 6.45) is -0.778. The van der Waals surface area contributed by atoms with Crippen LogP contribution in [0, 0.1) is 0 Å². The van der Waals surface area contributed by atoms with Gasteiger partial charge in [-0.05, 0) is 39.9 Å². The van der Waals surface area contributed by atoms with Crippen molar-refractivity contribution in [2.45, 2.75) is 24.8 Å². The number of nitrogens with one attached hydrogen (secondary N) is 1. The van der Waals surface area contributed by atoms with E-state index in [1.54, 1.807) is 19.1 Å². The number of alkyl carbamates (subject to hydrolysis) is 1. The number of ether oxygens (including phenoxy) is 1. The number of phenols is 1. The van der Waals surface area contributed by atoms with Crippen molar-refractivity contribution in [1.82, 2.24) is 5.32 Å². The van der Waals surface area contributed by atoms with Gasteiger partial charge in [-0.3, -0.25) is 0 Å². The fourth-order valence-corrected chi connectivity index (χ4v) is 4.14. The molecule has 0 heterocycles. The van der Waals surface area contributed by atoms with Crippen molar-refractivity contribution in [3.63, 3.8) is 0 Å². The molecular weight excluding hydrogens is 394 g/mol. The van der Waals surface area contributed by atoms with Crippen molar-refractivity contribution in [2.24, 2.45) is 0 Å². The number of carboxylic acid groups (broad SMARTS) is 1. The fourth-order valence-electron chi connectivity index (χ4n) is 4.14. The quantitative estimate of drug-likeness (QED) is 0.549. The molecule has 2 atom stereocenters. The third-order valence-corrected chi connectivity index (χ3v) is 5.80. The fraction of sp³-hybridized carbons (Fsp3) is 0.200. The van der Waals surface area contributed by atoms with Crippen LogP contribution in [0.25, 0.3) is 11.1 Å². The molecule has 6 heteroatoms. The zero-order valence-electron chi connectivity index (χ0n) is 17.0. The summed E-state index contributed by atoms with van der Waals surface area (Å²) in [4.78, 5) is 24.3. The van der Waals surface area contributed by atoms with Crippen LogP contribution in [-0.4, -0.2) is 34.9 Å². The van der Waals surface area contributed by atoms with Crippen LogP contribution >= 0.6 is 0 Å². The summed E-state index contributed by atoms with van der Waals surface area (Å²) in [6, 6.07) is 21.1. The summed E-state index contributed by atoms with van der Waals surface area (Å²) in [5.74, 6) is -1.68. The van der Waals surface area contributed by atoms with Crippen molar-refractivity contribution in [1.29, 1.82) is 0 Å². The molecule has 3 N–H and O–H groups in total. The maximum Gasteiger partial charge on any atom is 0.407 e. The van der Waals surface area contributed by atoms with Gasteiger partial charge < -0.3 is 20.3 Å². The first-order valence-corrected chi connectivity index (χ1v) is 10.1. The van der Waals surface area contributed by atoms with Gasteiger partial charge in [0.15, 0.2) is 0 Å². The molecule has 0 fully saturated rings. The number of carbonyl (C=O) groups excluding carboxylic acids is 1. The minimum absolute atomic E-state index is 0.0901. The van der Waals surface area contributed by atoms with Gasteiger partial charge in [-0.25, -0.2) is 9.59 Å². The van der Waals surface area contributed by atoms with Gasteiger partial charge >= 0.3 is 12.1 Å². The van der Waals surface area contributed by atoms with Gasteiger partial charge in [0.1, 0.15) is 18.4 Å². The third kappa shape index (κ3) is 4.10. The number of hydrogen-bond donors (Lipinski definition) is 3. The maximum absolute atomic E-state index is 12.5. The van der Waals surface area contributed by atoms with Gasteiger partial charge in [-0.1, -0.05) is 67.6 Å². The predicted octanol–water partition coefficient (Wildman–Crippen LogP) is 4.49. The zero-order valence-corrected chi connectivity index (χ0v) is 17.0. The van der Waals surface area contributed by atoms with Crippen LogP contribution in [0.15, 0.2) is 72.8 Å². The molecule has 0 aliphatic heterocycles. The largest absolute Gasteiger partial charge is 0.508 e. The Labute approximate surface area is 180 Å². The average Bonchev–Trinajstić information content (AvgIpc) is 3.10. The molecule has 0 saturated heterocycles. The molecule has 0 saturated carbocycles. The third-order valence-electron chi connectivity index (χ3n) is 5.80. The Balaban J connectivity index is 1.46. The molecule has 0 unspecified atom stereocenters. The van der Waals surface area contributed by atoms with E-state index in [4.69, 9.17) is 4.74 Å². The molecule has 6 nitrogen and oxygen atoms in total. The van der Waals surface area contributed by atoms with E-state index in [1.165, 1.54) is 12.1 Å². The summed E-state index contributed by atoms with van der Waals surface area (Å²) in [5.41, 5.74) is 5.10. The molecule has 0 spiro atoms. The number of benzene rings is 3. The van der Waals surface area contributed by atoms with E-state index in [0.29, 0.717) is 5.56 Å². The number of aliphatic carboxylic acids is 1. The molecule has 0 bridgehead atoms. The van der Waals surface area contributed by atoms with Crippen LogP contribution in [-0.2, 0) is 9.53 Å². The highest BCUT2D eigenvalue weighted by Gasteiger charge is 2.31. The van der Waals surface area contributed by atoms with Crippen LogP contribution in [0.4, 0.5) is 4.79 Å². The van der Waals surface area contributed by atoms with Gasteiger partial charge in [0.25, 0.3) is 0 Å². The van der Waals surface area contributed by atoms with Crippen molar-refractivity contribution in [3.8, 4) is 16.9 Å². The average molecular weight is 417 g/mol. The molecule has 3 aromatic rings. The highest BCUT2D eigenvalue weighted by molar-refractivity contribution is 5.82. The number of amides is 1. The molecule has 31 heavy (non-hydrogen) atoms. The Bertz CT molecular complexity index is 1060. The normalized spacial score (nSPS) is 14.2. The van der Waals surface area contributed by atoms with Gasteiger partial charge in [0.2, 0.25) is 0 Å². The van der Waals surface area contributed by atoms with Crippen molar-refractivity contribution in [3.05, 3.63) is 89.5 Å². The summed E-state index contributed by atoms with van der Waals surface area (Å²) >= 11 is 0. The van der Waals surface area contributed by atoms with Crippen LogP contribution in [0.5, 0.6) is 5.75 Å². The second-order valence-electron chi connectivity index (χ2n) is 7.67. The SMILES string of the molecule is C[C@@H](c1ccc(O)cc1)[C@H](NC(=O)OCC1c2ccccc2-c2ccccc21)C(=O)O. The predicted molar refractivity (Wildman–Crippen MR) is 116 cm³/mol. The molecule has 3 aromatic carbocycles. The van der Waals surface area contributed by atoms with Crippen LogP contribution < -0.4 is 5.32 Å². The van der Waals surface area contributed by atoms with Gasteiger partial charge in [0, 0.05) is 11.8 Å². The van der Waals surface area contributed by atoms with E-state index in [9.17, 15) is 19.8 Å². The second kappa shape index (κ2) is 8.52. The van der Waals surface area contributed by atoms with E-state index in [0.717, 1.165) is 22.3 Å². The molecule has 1 aliphatic rings. The smallest absolute Gasteiger partial charge is 0.407 e. The van der Waals surface area contributed by atoms with Crippen LogP contribution in [0.2, 0.25) is 0 Å².